The third-order valence-electron chi connectivity index (χ3n) is 3.26. The van der Waals surface area contributed by atoms with Gasteiger partial charge in [-0.15, -0.1) is 11.3 Å². The zero-order valence-corrected chi connectivity index (χ0v) is 17.0. The fourth-order valence-electron chi connectivity index (χ4n) is 2.14. The molecule has 3 aromatic rings. The molecule has 9 heteroatoms. The Morgan fingerprint density at radius 1 is 1.19 bits per heavy atom. The van der Waals surface area contributed by atoms with Gasteiger partial charge in [0.05, 0.1) is 33.4 Å². The number of hydrogen-bond acceptors (Lipinski definition) is 8. The van der Waals surface area contributed by atoms with Crippen molar-refractivity contribution >= 4 is 62.6 Å². The highest BCUT2D eigenvalue weighted by atomic mass is 32.2. The second-order valence-corrected chi connectivity index (χ2v) is 8.51. The molecular weight excluding hydrogens is 402 g/mol. The standard InChI is InChI=1S/C18H17N3O3S3/c1-2-24-17(23)11-26-18-21-13-7-6-12(9-14(13)27-18)20-15(22)10-25-16-5-3-4-8-19-16/h3-9H,2,10-11H2,1H3,(H,20,22). The van der Waals surface area contributed by atoms with Crippen LogP contribution < -0.4 is 5.32 Å². The number of amides is 1. The fraction of sp³-hybridized carbons (Fsp3) is 0.222. The van der Waals surface area contributed by atoms with Crippen LogP contribution in [0.3, 0.4) is 0 Å². The molecule has 0 aliphatic rings. The van der Waals surface area contributed by atoms with Gasteiger partial charge in [0, 0.05) is 11.9 Å². The number of nitrogens with zero attached hydrogens (tertiary/aromatic N) is 2. The van der Waals surface area contributed by atoms with Gasteiger partial charge in [0.1, 0.15) is 0 Å². The van der Waals surface area contributed by atoms with Crippen LogP contribution in [0.25, 0.3) is 10.2 Å². The van der Waals surface area contributed by atoms with Crippen molar-refractivity contribution in [2.45, 2.75) is 16.3 Å². The number of anilines is 1. The third-order valence-corrected chi connectivity index (χ3v) is 6.34. The van der Waals surface area contributed by atoms with E-state index in [9.17, 15) is 9.59 Å². The summed E-state index contributed by atoms with van der Waals surface area (Å²) in [5.41, 5.74) is 1.56. The molecule has 27 heavy (non-hydrogen) atoms. The number of pyridine rings is 1. The zero-order valence-electron chi connectivity index (χ0n) is 14.5. The molecular formula is C18H17N3O3S3. The van der Waals surface area contributed by atoms with Crippen LogP contribution in [-0.2, 0) is 14.3 Å². The van der Waals surface area contributed by atoms with Gasteiger partial charge >= 0.3 is 5.97 Å². The number of ether oxygens (including phenoxy) is 1. The van der Waals surface area contributed by atoms with Crippen molar-refractivity contribution in [1.29, 1.82) is 0 Å². The van der Waals surface area contributed by atoms with E-state index in [1.54, 1.807) is 13.1 Å². The quantitative estimate of drug-likeness (QED) is 0.435. The first-order valence-corrected chi connectivity index (χ1v) is 11.0. The number of fused-ring (bicyclic) bond motifs is 1. The first-order chi connectivity index (χ1) is 13.1. The van der Waals surface area contributed by atoms with E-state index in [-0.39, 0.29) is 17.6 Å². The monoisotopic (exact) mass is 419 g/mol. The lowest BCUT2D eigenvalue weighted by molar-refractivity contribution is -0.139. The Morgan fingerprint density at radius 2 is 2.07 bits per heavy atom. The normalized spacial score (nSPS) is 10.7. The molecule has 2 heterocycles. The van der Waals surface area contributed by atoms with E-state index >= 15 is 0 Å². The Morgan fingerprint density at radius 3 is 2.85 bits per heavy atom. The lowest BCUT2D eigenvalue weighted by atomic mass is 10.3. The third kappa shape index (κ3) is 5.95. The Hall–Kier alpha value is -2.10. The van der Waals surface area contributed by atoms with E-state index in [1.807, 2.05) is 36.4 Å². The van der Waals surface area contributed by atoms with Crippen LogP contribution >= 0.6 is 34.9 Å². The van der Waals surface area contributed by atoms with Gasteiger partial charge in [-0.2, -0.15) is 0 Å². The number of thiazole rings is 1. The van der Waals surface area contributed by atoms with Crippen LogP contribution in [0.2, 0.25) is 0 Å². The minimum Gasteiger partial charge on any atom is -0.465 e. The van der Waals surface area contributed by atoms with Crippen molar-refractivity contribution in [2.75, 3.05) is 23.4 Å². The molecule has 0 atom stereocenters. The number of hydrogen-bond donors (Lipinski definition) is 1. The summed E-state index contributed by atoms with van der Waals surface area (Å²) in [6.45, 7) is 2.16. The van der Waals surface area contributed by atoms with Gasteiger partial charge in [-0.05, 0) is 37.3 Å². The highest BCUT2D eigenvalue weighted by molar-refractivity contribution is 8.01. The number of aromatic nitrogens is 2. The second-order valence-electron chi connectivity index (χ2n) is 5.26. The molecule has 140 valence electrons. The SMILES string of the molecule is CCOC(=O)CSc1nc2ccc(NC(=O)CSc3ccccn3)cc2s1. The molecule has 0 spiro atoms. The van der Waals surface area contributed by atoms with Crippen LogP contribution in [0.4, 0.5) is 5.69 Å². The minimum absolute atomic E-state index is 0.0913. The molecule has 3 rings (SSSR count). The molecule has 2 aromatic heterocycles. The zero-order chi connectivity index (χ0) is 19.1. The number of nitrogens with one attached hydrogen (secondary N) is 1. The van der Waals surface area contributed by atoms with Crippen LogP contribution in [0, 0.1) is 0 Å². The Kier molecular flexibility index (Phi) is 7.08. The van der Waals surface area contributed by atoms with Crippen molar-refractivity contribution in [3.05, 3.63) is 42.6 Å². The predicted octanol–water partition coefficient (Wildman–Crippen LogP) is 4.08. The average Bonchev–Trinajstić information content (AvgIpc) is 3.08. The summed E-state index contributed by atoms with van der Waals surface area (Å²) in [5.74, 6) is 0.187. The van der Waals surface area contributed by atoms with Crippen LogP contribution in [0.15, 0.2) is 52.0 Å². The maximum absolute atomic E-state index is 12.1. The highest BCUT2D eigenvalue weighted by Gasteiger charge is 2.10. The van der Waals surface area contributed by atoms with Gasteiger partial charge in [0.2, 0.25) is 5.91 Å². The molecule has 6 nitrogen and oxygen atoms in total. The number of carbonyl (C=O) groups is 2. The molecule has 0 saturated carbocycles. The van der Waals surface area contributed by atoms with Crippen molar-refractivity contribution in [2.24, 2.45) is 0 Å². The number of rotatable bonds is 8. The number of benzene rings is 1. The van der Waals surface area contributed by atoms with Crippen molar-refractivity contribution in [3.8, 4) is 0 Å². The molecule has 0 aliphatic heterocycles. The topological polar surface area (TPSA) is 81.2 Å². The van der Waals surface area contributed by atoms with Crippen molar-refractivity contribution in [1.82, 2.24) is 9.97 Å². The van der Waals surface area contributed by atoms with E-state index in [0.717, 1.165) is 25.3 Å². The van der Waals surface area contributed by atoms with Gasteiger partial charge in [0.15, 0.2) is 4.34 Å². The van der Waals surface area contributed by atoms with Gasteiger partial charge in [-0.3, -0.25) is 9.59 Å². The molecule has 0 radical (unpaired) electrons. The van der Waals surface area contributed by atoms with Gasteiger partial charge in [-0.1, -0.05) is 29.6 Å². The fourth-order valence-corrected chi connectivity index (χ4v) is 4.70. The molecule has 0 aliphatic carbocycles. The highest BCUT2D eigenvalue weighted by Crippen LogP contribution is 2.31. The van der Waals surface area contributed by atoms with E-state index in [0.29, 0.717) is 12.4 Å². The maximum atomic E-state index is 12.1. The Bertz CT molecular complexity index is 931. The first-order valence-electron chi connectivity index (χ1n) is 8.16. The molecule has 1 N–H and O–H groups in total. The number of carbonyl (C=O) groups excluding carboxylic acids is 2. The summed E-state index contributed by atoms with van der Waals surface area (Å²) < 4.78 is 6.67. The number of thioether (sulfide) groups is 2. The maximum Gasteiger partial charge on any atom is 0.316 e. The van der Waals surface area contributed by atoms with Crippen LogP contribution in [-0.4, -0.2) is 40.0 Å². The summed E-state index contributed by atoms with van der Waals surface area (Å²) in [7, 11) is 0. The lowest BCUT2D eigenvalue weighted by Gasteiger charge is -2.04. The van der Waals surface area contributed by atoms with Crippen molar-refractivity contribution in [3.63, 3.8) is 0 Å². The summed E-state index contributed by atoms with van der Waals surface area (Å²) in [4.78, 5) is 32.3. The van der Waals surface area contributed by atoms with E-state index < -0.39 is 0 Å². The largest absolute Gasteiger partial charge is 0.465 e. The van der Waals surface area contributed by atoms with E-state index in [4.69, 9.17) is 4.74 Å². The van der Waals surface area contributed by atoms with Crippen LogP contribution in [0.5, 0.6) is 0 Å². The molecule has 1 amide bonds. The molecule has 1 aromatic carbocycles. The minimum atomic E-state index is -0.250. The van der Waals surface area contributed by atoms with Gasteiger partial charge < -0.3 is 10.1 Å². The Labute approximate surface area is 169 Å². The molecule has 0 bridgehead atoms. The predicted molar refractivity (Wildman–Crippen MR) is 111 cm³/mol. The van der Waals surface area contributed by atoms with Gasteiger partial charge in [-0.25, -0.2) is 9.97 Å². The lowest BCUT2D eigenvalue weighted by Crippen LogP contribution is -2.13. The smallest absolute Gasteiger partial charge is 0.316 e. The summed E-state index contributed by atoms with van der Waals surface area (Å²) >= 11 is 4.23. The molecule has 0 unspecified atom stereocenters. The van der Waals surface area contributed by atoms with Crippen molar-refractivity contribution < 1.29 is 14.3 Å². The molecule has 0 saturated heterocycles. The number of esters is 1. The average molecular weight is 420 g/mol. The summed E-state index contributed by atoms with van der Waals surface area (Å²) in [5, 5.41) is 3.70. The Balaban J connectivity index is 1.57. The summed E-state index contributed by atoms with van der Waals surface area (Å²) in [6, 6.07) is 11.2. The molecule has 0 fully saturated rings. The second kappa shape index (κ2) is 9.72. The van der Waals surface area contributed by atoms with Crippen LogP contribution in [0.1, 0.15) is 6.92 Å². The van der Waals surface area contributed by atoms with Gasteiger partial charge in [0.25, 0.3) is 0 Å². The summed E-state index contributed by atoms with van der Waals surface area (Å²) in [6.07, 6.45) is 1.70. The van der Waals surface area contributed by atoms with E-state index in [2.05, 4.69) is 15.3 Å². The first kappa shape index (κ1) is 19.7. The van der Waals surface area contributed by atoms with E-state index in [1.165, 1.54) is 34.9 Å².